The molecule has 0 saturated carbocycles. The fraction of sp³-hybridized carbons (Fsp3) is 0.176. The molecule has 1 heterocycles. The van der Waals surface area contributed by atoms with Crippen LogP contribution in [-0.2, 0) is 4.74 Å². The molecule has 3 aromatic rings. The van der Waals surface area contributed by atoms with Gasteiger partial charge >= 0.3 is 5.97 Å². The van der Waals surface area contributed by atoms with Crippen molar-refractivity contribution in [1.82, 2.24) is 10.2 Å². The van der Waals surface area contributed by atoms with Crippen molar-refractivity contribution in [2.24, 2.45) is 0 Å². The van der Waals surface area contributed by atoms with Crippen molar-refractivity contribution in [3.05, 3.63) is 59.8 Å². The zero-order valence-electron chi connectivity index (χ0n) is 12.2. The minimum Gasteiger partial charge on any atom is -0.460 e. The van der Waals surface area contributed by atoms with Crippen LogP contribution in [0.2, 0.25) is 0 Å². The zero-order valence-corrected chi connectivity index (χ0v) is 13.0. The SMILES string of the molecule is Cc1ccc(SCCOC(=O)c2n[nH]c3ccccc23)cc1. The number of ether oxygens (including phenoxy) is 1. The lowest BCUT2D eigenvalue weighted by atomic mass is 10.2. The molecule has 1 aromatic heterocycles. The Morgan fingerprint density at radius 3 is 2.77 bits per heavy atom. The van der Waals surface area contributed by atoms with Crippen LogP contribution in [0.25, 0.3) is 10.9 Å². The van der Waals surface area contributed by atoms with Crippen LogP contribution in [0.3, 0.4) is 0 Å². The summed E-state index contributed by atoms with van der Waals surface area (Å²) in [7, 11) is 0. The lowest BCUT2D eigenvalue weighted by Crippen LogP contribution is -2.08. The molecule has 0 aliphatic heterocycles. The van der Waals surface area contributed by atoms with E-state index in [0.29, 0.717) is 12.3 Å². The molecule has 4 nitrogen and oxygen atoms in total. The number of carbonyl (C=O) groups excluding carboxylic acids is 1. The smallest absolute Gasteiger partial charge is 0.359 e. The molecule has 0 atom stereocenters. The average Bonchev–Trinajstić information content (AvgIpc) is 2.97. The third-order valence-electron chi connectivity index (χ3n) is 3.27. The molecule has 0 saturated heterocycles. The topological polar surface area (TPSA) is 55.0 Å². The minimum atomic E-state index is -0.387. The maximum absolute atomic E-state index is 12.1. The van der Waals surface area contributed by atoms with Gasteiger partial charge in [-0.25, -0.2) is 4.79 Å². The molecule has 3 rings (SSSR count). The summed E-state index contributed by atoms with van der Waals surface area (Å²) < 4.78 is 5.30. The molecular weight excluding hydrogens is 296 g/mol. The van der Waals surface area contributed by atoms with E-state index in [1.807, 2.05) is 24.3 Å². The van der Waals surface area contributed by atoms with Crippen molar-refractivity contribution in [3.63, 3.8) is 0 Å². The second-order valence-electron chi connectivity index (χ2n) is 4.92. The van der Waals surface area contributed by atoms with Gasteiger partial charge in [-0.1, -0.05) is 35.9 Å². The van der Waals surface area contributed by atoms with Gasteiger partial charge in [0, 0.05) is 16.0 Å². The number of fused-ring (bicyclic) bond motifs is 1. The van der Waals surface area contributed by atoms with Gasteiger partial charge in [0.1, 0.15) is 6.61 Å². The van der Waals surface area contributed by atoms with Crippen molar-refractivity contribution >= 4 is 28.6 Å². The normalized spacial score (nSPS) is 10.8. The van der Waals surface area contributed by atoms with Gasteiger partial charge in [0.25, 0.3) is 0 Å². The monoisotopic (exact) mass is 312 g/mol. The number of rotatable bonds is 5. The molecule has 5 heteroatoms. The molecular formula is C17H16N2O2S. The van der Waals surface area contributed by atoms with Gasteiger partial charge < -0.3 is 4.74 Å². The van der Waals surface area contributed by atoms with Crippen LogP contribution in [-0.4, -0.2) is 28.5 Å². The predicted molar refractivity (Wildman–Crippen MR) is 88.3 cm³/mol. The van der Waals surface area contributed by atoms with Crippen LogP contribution in [0.1, 0.15) is 16.1 Å². The zero-order chi connectivity index (χ0) is 15.4. The van der Waals surface area contributed by atoms with E-state index in [0.717, 1.165) is 16.7 Å². The van der Waals surface area contributed by atoms with Crippen LogP contribution < -0.4 is 0 Å². The Labute approximate surface area is 132 Å². The van der Waals surface area contributed by atoms with Crippen LogP contribution in [0.5, 0.6) is 0 Å². The number of aromatic amines is 1. The van der Waals surface area contributed by atoms with E-state index < -0.39 is 0 Å². The standard InChI is InChI=1S/C17H16N2O2S/c1-12-6-8-13(9-7-12)22-11-10-21-17(20)16-14-4-2-3-5-15(14)18-19-16/h2-9H,10-11H2,1H3,(H,18,19). The molecule has 0 unspecified atom stereocenters. The summed E-state index contributed by atoms with van der Waals surface area (Å²) in [6.45, 7) is 2.42. The van der Waals surface area contributed by atoms with Gasteiger partial charge in [-0.15, -0.1) is 11.8 Å². The Bertz CT molecular complexity index is 781. The van der Waals surface area contributed by atoms with Crippen molar-refractivity contribution in [2.75, 3.05) is 12.4 Å². The summed E-state index contributed by atoms with van der Waals surface area (Å²) in [4.78, 5) is 13.2. The van der Waals surface area contributed by atoms with Gasteiger partial charge in [0.2, 0.25) is 0 Å². The largest absolute Gasteiger partial charge is 0.460 e. The summed E-state index contributed by atoms with van der Waals surface area (Å²) in [5.41, 5.74) is 2.42. The second kappa shape index (κ2) is 6.66. The van der Waals surface area contributed by atoms with Gasteiger partial charge in [-0.3, -0.25) is 5.10 Å². The summed E-state index contributed by atoms with van der Waals surface area (Å²) in [6.07, 6.45) is 0. The number of para-hydroxylation sites is 1. The van der Waals surface area contributed by atoms with E-state index in [9.17, 15) is 4.79 Å². The summed E-state index contributed by atoms with van der Waals surface area (Å²) in [6, 6.07) is 15.8. The summed E-state index contributed by atoms with van der Waals surface area (Å²) in [5.74, 6) is 0.332. The van der Waals surface area contributed by atoms with E-state index >= 15 is 0 Å². The van der Waals surface area contributed by atoms with Crippen LogP contribution in [0.15, 0.2) is 53.4 Å². The maximum atomic E-state index is 12.1. The second-order valence-corrected chi connectivity index (χ2v) is 6.08. The van der Waals surface area contributed by atoms with Gasteiger partial charge in [0.15, 0.2) is 5.69 Å². The summed E-state index contributed by atoms with van der Waals surface area (Å²) in [5, 5.41) is 7.66. The number of hydrogen-bond acceptors (Lipinski definition) is 4. The quantitative estimate of drug-likeness (QED) is 0.442. The van der Waals surface area contributed by atoms with E-state index in [1.54, 1.807) is 11.8 Å². The number of esters is 1. The number of aryl methyl sites for hydroxylation is 1. The van der Waals surface area contributed by atoms with E-state index in [-0.39, 0.29) is 5.97 Å². The Morgan fingerprint density at radius 2 is 1.95 bits per heavy atom. The number of benzene rings is 2. The van der Waals surface area contributed by atoms with Crippen molar-refractivity contribution in [1.29, 1.82) is 0 Å². The number of aromatic nitrogens is 2. The van der Waals surface area contributed by atoms with Gasteiger partial charge in [-0.05, 0) is 25.1 Å². The highest BCUT2D eigenvalue weighted by molar-refractivity contribution is 7.99. The minimum absolute atomic E-state index is 0.343. The number of nitrogens with zero attached hydrogens (tertiary/aromatic N) is 1. The molecule has 0 aliphatic carbocycles. The fourth-order valence-electron chi connectivity index (χ4n) is 2.12. The predicted octanol–water partition coefficient (Wildman–Crippen LogP) is 3.82. The molecule has 22 heavy (non-hydrogen) atoms. The Kier molecular flexibility index (Phi) is 4.44. The van der Waals surface area contributed by atoms with E-state index in [4.69, 9.17) is 4.74 Å². The fourth-order valence-corrected chi connectivity index (χ4v) is 2.85. The highest BCUT2D eigenvalue weighted by Gasteiger charge is 2.14. The van der Waals surface area contributed by atoms with Gasteiger partial charge in [0.05, 0.1) is 5.52 Å². The van der Waals surface area contributed by atoms with Crippen LogP contribution >= 0.6 is 11.8 Å². The highest BCUT2D eigenvalue weighted by atomic mass is 32.2. The Hall–Kier alpha value is -2.27. The lowest BCUT2D eigenvalue weighted by Gasteiger charge is -2.04. The Morgan fingerprint density at radius 1 is 1.18 bits per heavy atom. The number of H-pyrrole nitrogens is 1. The number of nitrogens with one attached hydrogen (secondary N) is 1. The Balaban J connectivity index is 1.53. The van der Waals surface area contributed by atoms with Gasteiger partial charge in [-0.2, -0.15) is 5.10 Å². The molecule has 0 radical (unpaired) electrons. The molecule has 112 valence electrons. The first-order valence-electron chi connectivity index (χ1n) is 7.04. The first-order chi connectivity index (χ1) is 10.7. The van der Waals surface area contributed by atoms with Crippen molar-refractivity contribution < 1.29 is 9.53 Å². The molecule has 0 amide bonds. The van der Waals surface area contributed by atoms with E-state index in [1.165, 1.54) is 10.5 Å². The van der Waals surface area contributed by atoms with Crippen LogP contribution in [0.4, 0.5) is 0 Å². The van der Waals surface area contributed by atoms with Crippen molar-refractivity contribution in [3.8, 4) is 0 Å². The lowest BCUT2D eigenvalue weighted by molar-refractivity contribution is 0.0525. The molecule has 1 N–H and O–H groups in total. The number of hydrogen-bond donors (Lipinski definition) is 1. The first-order valence-corrected chi connectivity index (χ1v) is 8.02. The van der Waals surface area contributed by atoms with Crippen LogP contribution in [0, 0.1) is 6.92 Å². The highest BCUT2D eigenvalue weighted by Crippen LogP contribution is 2.19. The average molecular weight is 312 g/mol. The number of thioether (sulfide) groups is 1. The van der Waals surface area contributed by atoms with Crippen molar-refractivity contribution in [2.45, 2.75) is 11.8 Å². The first kappa shape index (κ1) is 14.7. The van der Waals surface area contributed by atoms with E-state index in [2.05, 4.69) is 41.4 Å². The third-order valence-corrected chi connectivity index (χ3v) is 4.25. The molecule has 2 aromatic carbocycles. The maximum Gasteiger partial charge on any atom is 0.359 e. The molecule has 0 aliphatic rings. The summed E-state index contributed by atoms with van der Waals surface area (Å²) >= 11 is 1.67. The third kappa shape index (κ3) is 3.31. The number of carbonyl (C=O) groups is 1. The molecule has 0 fully saturated rings. The molecule has 0 bridgehead atoms. The molecule has 0 spiro atoms.